The van der Waals surface area contributed by atoms with Crippen LogP contribution < -0.4 is 0 Å². The van der Waals surface area contributed by atoms with Gasteiger partial charge in [-0.3, -0.25) is 0 Å². The van der Waals surface area contributed by atoms with Gasteiger partial charge in [0.05, 0.1) is 15.4 Å². The summed E-state index contributed by atoms with van der Waals surface area (Å²) in [5.74, 6) is 4.93. The Morgan fingerprint density at radius 3 is 2.31 bits per heavy atom. The summed E-state index contributed by atoms with van der Waals surface area (Å²) in [6.07, 6.45) is 0. The standard InChI is InChI=1S/C9H4BrCl2F/c10-3-1-2-6-4-7(11)9(13)8(12)5-6/h4-5H,3H2. The lowest BCUT2D eigenvalue weighted by Gasteiger charge is -1.97. The van der Waals surface area contributed by atoms with Crippen LogP contribution in [0.1, 0.15) is 5.56 Å². The van der Waals surface area contributed by atoms with Crippen molar-refractivity contribution in [1.82, 2.24) is 0 Å². The Labute approximate surface area is 94.2 Å². The Bertz CT molecular complexity index is 356. The van der Waals surface area contributed by atoms with Crippen LogP contribution in [0.15, 0.2) is 12.1 Å². The van der Waals surface area contributed by atoms with Crippen molar-refractivity contribution in [3.8, 4) is 11.8 Å². The minimum atomic E-state index is -0.604. The molecule has 68 valence electrons. The lowest BCUT2D eigenvalue weighted by atomic mass is 10.2. The van der Waals surface area contributed by atoms with E-state index in [1.807, 2.05) is 0 Å². The van der Waals surface area contributed by atoms with Gasteiger partial charge in [-0.1, -0.05) is 51.0 Å². The van der Waals surface area contributed by atoms with Crippen LogP contribution in [-0.2, 0) is 0 Å². The molecule has 0 amide bonds. The van der Waals surface area contributed by atoms with Gasteiger partial charge in [-0.05, 0) is 12.1 Å². The lowest BCUT2D eigenvalue weighted by Crippen LogP contribution is -1.82. The van der Waals surface area contributed by atoms with Crippen molar-refractivity contribution in [2.75, 3.05) is 5.33 Å². The Balaban J connectivity index is 3.13. The molecule has 1 aromatic carbocycles. The molecule has 0 spiro atoms. The van der Waals surface area contributed by atoms with Gasteiger partial charge in [-0.2, -0.15) is 0 Å². The van der Waals surface area contributed by atoms with Crippen LogP contribution in [0.2, 0.25) is 10.0 Å². The van der Waals surface area contributed by atoms with Crippen LogP contribution in [-0.4, -0.2) is 5.33 Å². The van der Waals surface area contributed by atoms with Crippen molar-refractivity contribution >= 4 is 39.1 Å². The molecule has 0 fully saturated rings. The molecule has 0 radical (unpaired) electrons. The topological polar surface area (TPSA) is 0 Å². The third kappa shape index (κ3) is 2.87. The Hall–Kier alpha value is -0.230. The second-order valence-corrected chi connectivity index (χ2v) is 3.56. The molecular formula is C9H4BrCl2F. The van der Waals surface area contributed by atoms with Gasteiger partial charge < -0.3 is 0 Å². The number of hydrogen-bond donors (Lipinski definition) is 0. The summed E-state index contributed by atoms with van der Waals surface area (Å²) in [5, 5.41) is 0.539. The first-order valence-corrected chi connectivity index (χ1v) is 5.22. The molecule has 1 rings (SSSR count). The van der Waals surface area contributed by atoms with Gasteiger partial charge in [0.2, 0.25) is 0 Å². The fourth-order valence-electron chi connectivity index (χ4n) is 0.763. The highest BCUT2D eigenvalue weighted by atomic mass is 79.9. The molecule has 0 heterocycles. The zero-order valence-electron chi connectivity index (χ0n) is 6.37. The summed E-state index contributed by atoms with van der Waals surface area (Å²) in [7, 11) is 0. The Kier molecular flexibility index (Phi) is 4.05. The van der Waals surface area contributed by atoms with Gasteiger partial charge >= 0.3 is 0 Å². The van der Waals surface area contributed by atoms with Crippen LogP contribution in [0.4, 0.5) is 4.39 Å². The molecule has 0 aromatic heterocycles. The molecule has 0 aliphatic carbocycles. The second-order valence-electron chi connectivity index (χ2n) is 2.19. The van der Waals surface area contributed by atoms with E-state index in [1.165, 1.54) is 12.1 Å². The molecular weight excluding hydrogens is 278 g/mol. The number of rotatable bonds is 0. The summed E-state index contributed by atoms with van der Waals surface area (Å²) in [4.78, 5) is 0. The molecule has 0 bridgehead atoms. The predicted octanol–water partition coefficient (Wildman–Crippen LogP) is 3.88. The van der Waals surface area contributed by atoms with Gasteiger partial charge in [-0.15, -0.1) is 0 Å². The first-order chi connectivity index (χ1) is 6.15. The van der Waals surface area contributed by atoms with Crippen molar-refractivity contribution in [3.05, 3.63) is 33.6 Å². The molecule has 4 heteroatoms. The summed E-state index contributed by atoms with van der Waals surface area (Å²) >= 11 is 14.3. The zero-order valence-corrected chi connectivity index (χ0v) is 9.47. The fraction of sp³-hybridized carbons (Fsp3) is 0.111. The van der Waals surface area contributed by atoms with E-state index in [9.17, 15) is 4.39 Å². The SMILES string of the molecule is Fc1c(Cl)cc(C#CCBr)cc1Cl. The van der Waals surface area contributed by atoms with Gasteiger partial charge in [0.15, 0.2) is 5.82 Å². The van der Waals surface area contributed by atoms with Crippen LogP contribution in [0, 0.1) is 17.7 Å². The van der Waals surface area contributed by atoms with Crippen molar-refractivity contribution < 1.29 is 4.39 Å². The van der Waals surface area contributed by atoms with Gasteiger partial charge in [0.1, 0.15) is 0 Å². The van der Waals surface area contributed by atoms with Gasteiger partial charge in [0.25, 0.3) is 0 Å². The first kappa shape index (κ1) is 10.8. The molecule has 0 aliphatic heterocycles. The molecule has 1 aromatic rings. The maximum absolute atomic E-state index is 12.9. The fourth-order valence-corrected chi connectivity index (χ4v) is 1.39. The van der Waals surface area contributed by atoms with E-state index in [0.717, 1.165) is 0 Å². The summed E-state index contributed by atoms with van der Waals surface area (Å²) in [5.41, 5.74) is 0.607. The minimum Gasteiger partial charge on any atom is -0.204 e. The van der Waals surface area contributed by atoms with Gasteiger partial charge in [-0.25, -0.2) is 4.39 Å². The monoisotopic (exact) mass is 280 g/mol. The van der Waals surface area contributed by atoms with E-state index in [0.29, 0.717) is 10.9 Å². The highest BCUT2D eigenvalue weighted by molar-refractivity contribution is 9.09. The highest BCUT2D eigenvalue weighted by Crippen LogP contribution is 2.24. The normalized spacial score (nSPS) is 9.23. The third-order valence-corrected chi connectivity index (χ3v) is 2.11. The Morgan fingerprint density at radius 2 is 1.85 bits per heavy atom. The van der Waals surface area contributed by atoms with Crippen LogP contribution in [0.5, 0.6) is 0 Å². The zero-order chi connectivity index (χ0) is 9.84. The quantitative estimate of drug-likeness (QED) is 0.385. The molecule has 0 nitrogen and oxygen atoms in total. The smallest absolute Gasteiger partial charge is 0.160 e. The van der Waals surface area contributed by atoms with Crippen molar-refractivity contribution in [1.29, 1.82) is 0 Å². The Morgan fingerprint density at radius 1 is 1.31 bits per heavy atom. The summed E-state index contributed by atoms with van der Waals surface area (Å²) in [6.45, 7) is 0. The van der Waals surface area contributed by atoms with E-state index in [4.69, 9.17) is 23.2 Å². The minimum absolute atomic E-state index is 0.00799. The van der Waals surface area contributed by atoms with Gasteiger partial charge in [0, 0.05) is 5.56 Å². The van der Waals surface area contributed by atoms with Crippen LogP contribution >= 0.6 is 39.1 Å². The molecule has 0 N–H and O–H groups in total. The van der Waals surface area contributed by atoms with Crippen LogP contribution in [0.25, 0.3) is 0 Å². The first-order valence-electron chi connectivity index (χ1n) is 3.34. The molecule has 0 aliphatic rings. The summed E-state index contributed by atoms with van der Waals surface area (Å²) in [6, 6.07) is 2.89. The number of benzene rings is 1. The molecule has 0 atom stereocenters. The summed E-state index contributed by atoms with van der Waals surface area (Å²) < 4.78 is 12.9. The number of halogens is 4. The maximum Gasteiger partial charge on any atom is 0.160 e. The number of alkyl halides is 1. The molecule has 0 saturated carbocycles. The largest absolute Gasteiger partial charge is 0.204 e. The van der Waals surface area contributed by atoms with Crippen molar-refractivity contribution in [2.45, 2.75) is 0 Å². The van der Waals surface area contributed by atoms with E-state index >= 15 is 0 Å². The van der Waals surface area contributed by atoms with Crippen LogP contribution in [0.3, 0.4) is 0 Å². The molecule has 0 saturated heterocycles. The van der Waals surface area contributed by atoms with Crippen molar-refractivity contribution in [2.24, 2.45) is 0 Å². The maximum atomic E-state index is 12.9. The average molecular weight is 282 g/mol. The van der Waals surface area contributed by atoms with Crippen molar-refractivity contribution in [3.63, 3.8) is 0 Å². The van der Waals surface area contributed by atoms with E-state index in [1.54, 1.807) is 0 Å². The third-order valence-electron chi connectivity index (χ3n) is 1.28. The van der Waals surface area contributed by atoms with E-state index in [2.05, 4.69) is 27.8 Å². The number of hydrogen-bond acceptors (Lipinski definition) is 0. The predicted molar refractivity (Wildman–Crippen MR) is 57.1 cm³/mol. The van der Waals surface area contributed by atoms with E-state index in [-0.39, 0.29) is 10.0 Å². The lowest BCUT2D eigenvalue weighted by molar-refractivity contribution is 0.628. The molecule has 13 heavy (non-hydrogen) atoms. The average Bonchev–Trinajstić information content (AvgIpc) is 2.10. The highest BCUT2D eigenvalue weighted by Gasteiger charge is 2.05. The second kappa shape index (κ2) is 4.85. The van der Waals surface area contributed by atoms with E-state index < -0.39 is 5.82 Å². The molecule has 0 unspecified atom stereocenters.